The van der Waals surface area contributed by atoms with Crippen LogP contribution in [-0.4, -0.2) is 29.9 Å². The normalized spacial score (nSPS) is 22.4. The summed E-state index contributed by atoms with van der Waals surface area (Å²) in [7, 11) is 0. The smallest absolute Gasteiger partial charge is 0.253 e. The second-order valence-corrected chi connectivity index (χ2v) is 6.13. The molecule has 2 N–H and O–H groups in total. The van der Waals surface area contributed by atoms with Gasteiger partial charge < -0.3 is 10.6 Å². The molecule has 0 aliphatic carbocycles. The molecule has 19 heavy (non-hydrogen) atoms. The average molecular weight is 264 g/mol. The molecule has 1 heterocycles. The fourth-order valence-corrected chi connectivity index (χ4v) is 2.59. The van der Waals surface area contributed by atoms with E-state index in [1.165, 1.54) is 12.1 Å². The SMILES string of the molecule is Cc1cc(F)cc(C(=O)N2CCC(N)C(C)(C)C2)c1. The Hall–Kier alpha value is -1.42. The molecular weight excluding hydrogens is 243 g/mol. The average Bonchev–Trinajstić information content (AvgIpc) is 2.30. The number of carbonyl (C=O) groups excluding carboxylic acids is 1. The molecule has 0 aromatic heterocycles. The molecule has 2 rings (SSSR count). The van der Waals surface area contributed by atoms with Crippen molar-refractivity contribution in [3.8, 4) is 0 Å². The summed E-state index contributed by atoms with van der Waals surface area (Å²) in [6, 6.07) is 4.56. The van der Waals surface area contributed by atoms with Crippen LogP contribution in [-0.2, 0) is 0 Å². The number of benzene rings is 1. The van der Waals surface area contributed by atoms with E-state index in [0.717, 1.165) is 12.0 Å². The first-order chi connectivity index (χ1) is 8.79. The van der Waals surface area contributed by atoms with Crippen molar-refractivity contribution in [2.24, 2.45) is 11.1 Å². The summed E-state index contributed by atoms with van der Waals surface area (Å²) in [6.45, 7) is 7.17. The van der Waals surface area contributed by atoms with Gasteiger partial charge in [0.2, 0.25) is 0 Å². The maximum absolute atomic E-state index is 13.4. The third-order valence-electron chi connectivity index (χ3n) is 3.89. The molecule has 1 unspecified atom stereocenters. The molecule has 0 spiro atoms. The van der Waals surface area contributed by atoms with Crippen LogP contribution in [0, 0.1) is 18.2 Å². The predicted molar refractivity (Wildman–Crippen MR) is 73.4 cm³/mol. The Morgan fingerprint density at radius 3 is 2.68 bits per heavy atom. The molecule has 1 atom stereocenters. The summed E-state index contributed by atoms with van der Waals surface area (Å²) in [5.74, 6) is -0.473. The van der Waals surface area contributed by atoms with E-state index in [4.69, 9.17) is 5.73 Å². The molecular formula is C15H21FN2O. The maximum Gasteiger partial charge on any atom is 0.253 e. The van der Waals surface area contributed by atoms with Crippen molar-refractivity contribution in [1.29, 1.82) is 0 Å². The van der Waals surface area contributed by atoms with Gasteiger partial charge in [0.15, 0.2) is 0 Å². The van der Waals surface area contributed by atoms with E-state index >= 15 is 0 Å². The highest BCUT2D eigenvalue weighted by Gasteiger charge is 2.35. The lowest BCUT2D eigenvalue weighted by atomic mass is 9.79. The minimum Gasteiger partial charge on any atom is -0.338 e. The number of aryl methyl sites for hydroxylation is 1. The molecule has 0 bridgehead atoms. The zero-order valence-corrected chi connectivity index (χ0v) is 11.7. The lowest BCUT2D eigenvalue weighted by molar-refractivity contribution is 0.0532. The van der Waals surface area contributed by atoms with Crippen molar-refractivity contribution in [2.45, 2.75) is 33.2 Å². The maximum atomic E-state index is 13.4. The lowest BCUT2D eigenvalue weighted by Gasteiger charge is -2.42. The minimum absolute atomic E-state index is 0.101. The van der Waals surface area contributed by atoms with Crippen LogP contribution >= 0.6 is 0 Å². The molecule has 0 radical (unpaired) electrons. The van der Waals surface area contributed by atoms with Crippen LogP contribution in [0.1, 0.15) is 36.2 Å². The molecule has 104 valence electrons. The van der Waals surface area contributed by atoms with E-state index in [-0.39, 0.29) is 23.2 Å². The van der Waals surface area contributed by atoms with Crippen molar-refractivity contribution < 1.29 is 9.18 Å². The second kappa shape index (κ2) is 4.93. The minimum atomic E-state index is -0.365. The zero-order valence-electron chi connectivity index (χ0n) is 11.7. The fourth-order valence-electron chi connectivity index (χ4n) is 2.59. The zero-order chi connectivity index (χ0) is 14.2. The summed E-state index contributed by atoms with van der Waals surface area (Å²) in [4.78, 5) is 14.2. The topological polar surface area (TPSA) is 46.3 Å². The van der Waals surface area contributed by atoms with Crippen LogP contribution in [0.5, 0.6) is 0 Å². The Bertz CT molecular complexity index is 479. The van der Waals surface area contributed by atoms with Gasteiger partial charge in [-0.15, -0.1) is 0 Å². The largest absolute Gasteiger partial charge is 0.338 e. The standard InChI is InChI=1S/C15H21FN2O/c1-10-6-11(8-12(16)7-10)14(19)18-5-4-13(17)15(2,3)9-18/h6-8,13H,4-5,9,17H2,1-3H3. The Morgan fingerprint density at radius 1 is 1.42 bits per heavy atom. The molecule has 1 amide bonds. The predicted octanol–water partition coefficient (Wildman–Crippen LogP) is 2.33. The highest BCUT2D eigenvalue weighted by atomic mass is 19.1. The second-order valence-electron chi connectivity index (χ2n) is 6.13. The van der Waals surface area contributed by atoms with Crippen LogP contribution in [0.4, 0.5) is 4.39 Å². The number of hydrogen-bond donors (Lipinski definition) is 1. The number of amides is 1. The summed E-state index contributed by atoms with van der Waals surface area (Å²) < 4.78 is 13.4. The van der Waals surface area contributed by atoms with Gasteiger partial charge >= 0.3 is 0 Å². The lowest BCUT2D eigenvalue weighted by Crippen LogP contribution is -2.54. The fraction of sp³-hybridized carbons (Fsp3) is 0.533. The molecule has 1 aliphatic heterocycles. The highest BCUT2D eigenvalue weighted by molar-refractivity contribution is 5.94. The molecule has 1 aliphatic rings. The Morgan fingerprint density at radius 2 is 2.11 bits per heavy atom. The van der Waals surface area contributed by atoms with Crippen molar-refractivity contribution in [1.82, 2.24) is 4.90 Å². The van der Waals surface area contributed by atoms with Gasteiger partial charge in [-0.3, -0.25) is 4.79 Å². The molecule has 1 aromatic rings. The van der Waals surface area contributed by atoms with E-state index in [1.54, 1.807) is 17.9 Å². The van der Waals surface area contributed by atoms with Gasteiger partial charge in [-0.2, -0.15) is 0 Å². The first-order valence-electron chi connectivity index (χ1n) is 6.62. The molecule has 1 fully saturated rings. The summed E-state index contributed by atoms with van der Waals surface area (Å²) in [6.07, 6.45) is 0.785. The van der Waals surface area contributed by atoms with Gasteiger partial charge in [-0.25, -0.2) is 4.39 Å². The monoisotopic (exact) mass is 264 g/mol. The Balaban J connectivity index is 2.20. The van der Waals surface area contributed by atoms with Crippen molar-refractivity contribution in [2.75, 3.05) is 13.1 Å². The number of rotatable bonds is 1. The van der Waals surface area contributed by atoms with Crippen molar-refractivity contribution in [3.63, 3.8) is 0 Å². The van der Waals surface area contributed by atoms with E-state index in [1.807, 2.05) is 0 Å². The van der Waals surface area contributed by atoms with Gasteiger partial charge in [0.1, 0.15) is 5.82 Å². The summed E-state index contributed by atoms with van der Waals surface area (Å²) in [5.41, 5.74) is 7.14. The number of halogens is 1. The van der Waals surface area contributed by atoms with E-state index in [9.17, 15) is 9.18 Å². The Labute approximate surface area is 113 Å². The Kier molecular flexibility index (Phi) is 3.63. The van der Waals surface area contributed by atoms with Crippen LogP contribution in [0.3, 0.4) is 0 Å². The highest BCUT2D eigenvalue weighted by Crippen LogP contribution is 2.28. The van der Waals surface area contributed by atoms with Crippen LogP contribution in [0.15, 0.2) is 18.2 Å². The molecule has 1 aromatic carbocycles. The number of nitrogens with zero attached hydrogens (tertiary/aromatic N) is 1. The van der Waals surface area contributed by atoms with Crippen molar-refractivity contribution in [3.05, 3.63) is 35.1 Å². The summed E-state index contributed by atoms with van der Waals surface area (Å²) in [5, 5.41) is 0. The van der Waals surface area contributed by atoms with Crippen molar-refractivity contribution >= 4 is 5.91 Å². The number of nitrogens with two attached hydrogens (primary N) is 1. The molecule has 0 saturated carbocycles. The number of carbonyl (C=O) groups is 1. The first kappa shape index (κ1) is 14.0. The van der Waals surface area contributed by atoms with Gasteiger partial charge in [0, 0.05) is 24.7 Å². The van der Waals surface area contributed by atoms with Gasteiger partial charge in [0.05, 0.1) is 0 Å². The molecule has 4 heteroatoms. The van der Waals surface area contributed by atoms with Gasteiger partial charge in [0.25, 0.3) is 5.91 Å². The quantitative estimate of drug-likeness (QED) is 0.846. The van der Waals surface area contributed by atoms with Crippen LogP contribution < -0.4 is 5.73 Å². The molecule has 1 saturated heterocycles. The van der Waals surface area contributed by atoms with Crippen LogP contribution in [0.25, 0.3) is 0 Å². The van der Waals surface area contributed by atoms with Gasteiger partial charge in [-0.1, -0.05) is 13.8 Å². The number of hydrogen-bond acceptors (Lipinski definition) is 2. The number of piperidine rings is 1. The van der Waals surface area contributed by atoms with Gasteiger partial charge in [-0.05, 0) is 42.5 Å². The van der Waals surface area contributed by atoms with E-state index in [0.29, 0.717) is 18.7 Å². The third-order valence-corrected chi connectivity index (χ3v) is 3.89. The summed E-state index contributed by atoms with van der Waals surface area (Å²) >= 11 is 0. The number of likely N-dealkylation sites (tertiary alicyclic amines) is 1. The first-order valence-corrected chi connectivity index (χ1v) is 6.62. The van der Waals surface area contributed by atoms with E-state index < -0.39 is 0 Å². The third kappa shape index (κ3) is 2.95. The van der Waals surface area contributed by atoms with Crippen LogP contribution in [0.2, 0.25) is 0 Å². The van der Waals surface area contributed by atoms with E-state index in [2.05, 4.69) is 13.8 Å². The molecule has 3 nitrogen and oxygen atoms in total.